The normalized spacial score (nSPS) is 10.9. The largest absolute Gasteiger partial charge is 0.354 e. The second-order valence-electron chi connectivity index (χ2n) is 4.98. The van der Waals surface area contributed by atoms with Gasteiger partial charge in [-0.05, 0) is 33.1 Å². The van der Waals surface area contributed by atoms with Gasteiger partial charge in [-0.3, -0.25) is 0 Å². The molecule has 0 unspecified atom stereocenters. The van der Waals surface area contributed by atoms with Gasteiger partial charge in [0.2, 0.25) is 11.9 Å². The van der Waals surface area contributed by atoms with Crippen LogP contribution in [0.4, 0.5) is 11.9 Å². The predicted octanol–water partition coefficient (Wildman–Crippen LogP) is 3.29. The highest BCUT2D eigenvalue weighted by Crippen LogP contribution is 2.20. The molecular formula is C14H27N5S. The first-order chi connectivity index (χ1) is 9.60. The molecule has 6 heteroatoms. The molecule has 114 valence electrons. The van der Waals surface area contributed by atoms with Crippen molar-refractivity contribution >= 4 is 23.7 Å². The van der Waals surface area contributed by atoms with Gasteiger partial charge in [0.1, 0.15) is 0 Å². The van der Waals surface area contributed by atoms with Gasteiger partial charge >= 0.3 is 0 Å². The minimum absolute atomic E-state index is 0.677. The molecule has 0 atom stereocenters. The highest BCUT2D eigenvalue weighted by Gasteiger charge is 2.11. The SMILES string of the molecule is CCNc1nc(SCCC(C)C)nc(N(CC)CC)n1. The molecule has 0 aliphatic heterocycles. The molecule has 0 aromatic carbocycles. The highest BCUT2D eigenvalue weighted by atomic mass is 32.2. The topological polar surface area (TPSA) is 53.9 Å². The molecular weight excluding hydrogens is 270 g/mol. The number of aromatic nitrogens is 3. The van der Waals surface area contributed by atoms with Crippen LogP contribution in [0, 0.1) is 5.92 Å². The minimum atomic E-state index is 0.677. The lowest BCUT2D eigenvalue weighted by atomic mass is 10.2. The van der Waals surface area contributed by atoms with Crippen molar-refractivity contribution in [3.05, 3.63) is 0 Å². The lowest BCUT2D eigenvalue weighted by Gasteiger charge is -2.19. The van der Waals surface area contributed by atoms with Gasteiger partial charge in [0.25, 0.3) is 0 Å². The van der Waals surface area contributed by atoms with E-state index in [1.807, 2.05) is 6.92 Å². The maximum Gasteiger partial charge on any atom is 0.231 e. The molecule has 20 heavy (non-hydrogen) atoms. The molecule has 1 heterocycles. The first-order valence-electron chi connectivity index (χ1n) is 7.48. The Morgan fingerprint density at radius 2 is 1.80 bits per heavy atom. The second kappa shape index (κ2) is 9.00. The summed E-state index contributed by atoms with van der Waals surface area (Å²) < 4.78 is 0. The number of anilines is 2. The maximum absolute atomic E-state index is 4.58. The highest BCUT2D eigenvalue weighted by molar-refractivity contribution is 7.99. The molecule has 0 radical (unpaired) electrons. The summed E-state index contributed by atoms with van der Waals surface area (Å²) in [6, 6.07) is 0. The van der Waals surface area contributed by atoms with E-state index >= 15 is 0 Å². The van der Waals surface area contributed by atoms with Gasteiger partial charge < -0.3 is 10.2 Å². The second-order valence-corrected chi connectivity index (χ2v) is 6.04. The summed E-state index contributed by atoms with van der Waals surface area (Å²) in [6.45, 7) is 13.4. The summed E-state index contributed by atoms with van der Waals surface area (Å²) in [4.78, 5) is 15.7. The monoisotopic (exact) mass is 297 g/mol. The van der Waals surface area contributed by atoms with Crippen LogP contribution in [0.2, 0.25) is 0 Å². The van der Waals surface area contributed by atoms with Crippen LogP contribution < -0.4 is 10.2 Å². The number of rotatable bonds is 9. The standard InChI is InChI=1S/C14H27N5S/c1-6-15-12-16-13(19(7-2)8-3)18-14(17-12)20-10-9-11(4)5/h11H,6-10H2,1-5H3,(H,15,16,17,18). The minimum Gasteiger partial charge on any atom is -0.354 e. The van der Waals surface area contributed by atoms with Gasteiger partial charge in [0.15, 0.2) is 5.16 Å². The number of hydrogen-bond donors (Lipinski definition) is 1. The molecule has 1 aromatic rings. The molecule has 0 fully saturated rings. The Hall–Kier alpha value is -1.04. The Morgan fingerprint density at radius 3 is 2.35 bits per heavy atom. The van der Waals surface area contributed by atoms with Crippen LogP contribution in [0.25, 0.3) is 0 Å². The molecule has 0 saturated carbocycles. The summed E-state index contributed by atoms with van der Waals surface area (Å²) in [5.74, 6) is 3.20. The number of nitrogens with zero attached hydrogens (tertiary/aromatic N) is 4. The molecule has 1 aromatic heterocycles. The molecule has 0 aliphatic carbocycles. The average Bonchev–Trinajstić information content (AvgIpc) is 2.40. The van der Waals surface area contributed by atoms with Crippen molar-refractivity contribution in [2.45, 2.75) is 46.2 Å². The third kappa shape index (κ3) is 5.53. The van der Waals surface area contributed by atoms with Gasteiger partial charge in [-0.15, -0.1) is 0 Å². The van der Waals surface area contributed by atoms with E-state index in [1.165, 1.54) is 6.42 Å². The molecule has 0 spiro atoms. The van der Waals surface area contributed by atoms with E-state index in [2.05, 4.69) is 52.9 Å². The zero-order valence-electron chi connectivity index (χ0n) is 13.3. The van der Waals surface area contributed by atoms with E-state index in [0.29, 0.717) is 11.9 Å². The van der Waals surface area contributed by atoms with E-state index in [0.717, 1.165) is 36.5 Å². The van der Waals surface area contributed by atoms with Crippen LogP contribution in [0.3, 0.4) is 0 Å². The Kier molecular flexibility index (Phi) is 7.65. The molecule has 0 bridgehead atoms. The number of hydrogen-bond acceptors (Lipinski definition) is 6. The molecule has 5 nitrogen and oxygen atoms in total. The van der Waals surface area contributed by atoms with Crippen molar-refractivity contribution in [2.75, 3.05) is 35.6 Å². The quantitative estimate of drug-likeness (QED) is 0.706. The van der Waals surface area contributed by atoms with E-state index < -0.39 is 0 Å². The van der Waals surface area contributed by atoms with Gasteiger partial charge in [0, 0.05) is 25.4 Å². The molecule has 0 saturated heterocycles. The van der Waals surface area contributed by atoms with E-state index in [1.54, 1.807) is 11.8 Å². The Morgan fingerprint density at radius 1 is 1.10 bits per heavy atom. The lowest BCUT2D eigenvalue weighted by molar-refractivity contribution is 0.631. The number of nitrogens with one attached hydrogen (secondary N) is 1. The van der Waals surface area contributed by atoms with Gasteiger partial charge in [-0.25, -0.2) is 0 Å². The summed E-state index contributed by atoms with van der Waals surface area (Å²) in [5.41, 5.74) is 0. The first kappa shape index (κ1) is 17.0. The summed E-state index contributed by atoms with van der Waals surface area (Å²) in [5, 5.41) is 4.01. The Balaban J connectivity index is 2.86. The fourth-order valence-corrected chi connectivity index (χ4v) is 2.75. The summed E-state index contributed by atoms with van der Waals surface area (Å²) in [7, 11) is 0. The first-order valence-corrected chi connectivity index (χ1v) is 8.46. The van der Waals surface area contributed by atoms with E-state index in [-0.39, 0.29) is 0 Å². The van der Waals surface area contributed by atoms with Crippen molar-refractivity contribution in [3.63, 3.8) is 0 Å². The van der Waals surface area contributed by atoms with Gasteiger partial charge in [-0.2, -0.15) is 15.0 Å². The van der Waals surface area contributed by atoms with Crippen LogP contribution in [-0.4, -0.2) is 40.3 Å². The van der Waals surface area contributed by atoms with Crippen molar-refractivity contribution in [1.29, 1.82) is 0 Å². The Bertz CT molecular complexity index is 393. The van der Waals surface area contributed by atoms with Crippen LogP contribution in [-0.2, 0) is 0 Å². The van der Waals surface area contributed by atoms with Crippen LogP contribution in [0.1, 0.15) is 41.0 Å². The van der Waals surface area contributed by atoms with Crippen molar-refractivity contribution < 1.29 is 0 Å². The van der Waals surface area contributed by atoms with E-state index in [4.69, 9.17) is 0 Å². The smallest absolute Gasteiger partial charge is 0.231 e. The van der Waals surface area contributed by atoms with Gasteiger partial charge in [-0.1, -0.05) is 25.6 Å². The maximum atomic E-state index is 4.58. The zero-order chi connectivity index (χ0) is 15.0. The fraction of sp³-hybridized carbons (Fsp3) is 0.786. The lowest BCUT2D eigenvalue weighted by Crippen LogP contribution is -2.25. The molecule has 1 rings (SSSR count). The van der Waals surface area contributed by atoms with Crippen molar-refractivity contribution in [1.82, 2.24) is 15.0 Å². The third-order valence-corrected chi connectivity index (χ3v) is 3.79. The zero-order valence-corrected chi connectivity index (χ0v) is 14.1. The van der Waals surface area contributed by atoms with Crippen LogP contribution >= 0.6 is 11.8 Å². The van der Waals surface area contributed by atoms with E-state index in [9.17, 15) is 0 Å². The number of thioether (sulfide) groups is 1. The average molecular weight is 297 g/mol. The third-order valence-electron chi connectivity index (χ3n) is 2.91. The Labute approximate surface area is 127 Å². The molecule has 1 N–H and O–H groups in total. The summed E-state index contributed by atoms with van der Waals surface area (Å²) in [6.07, 6.45) is 1.17. The van der Waals surface area contributed by atoms with Crippen LogP contribution in [0.15, 0.2) is 5.16 Å². The molecule has 0 amide bonds. The molecule has 0 aliphatic rings. The van der Waals surface area contributed by atoms with Gasteiger partial charge in [0.05, 0.1) is 0 Å². The fourth-order valence-electron chi connectivity index (χ4n) is 1.68. The van der Waals surface area contributed by atoms with Crippen molar-refractivity contribution in [2.24, 2.45) is 5.92 Å². The van der Waals surface area contributed by atoms with Crippen LogP contribution in [0.5, 0.6) is 0 Å². The predicted molar refractivity (Wildman–Crippen MR) is 87.7 cm³/mol. The van der Waals surface area contributed by atoms with Crippen molar-refractivity contribution in [3.8, 4) is 0 Å². The summed E-state index contributed by atoms with van der Waals surface area (Å²) >= 11 is 1.71.